The van der Waals surface area contributed by atoms with Crippen molar-refractivity contribution in [2.75, 3.05) is 26.7 Å². The number of amides is 1. The van der Waals surface area contributed by atoms with Gasteiger partial charge in [-0.2, -0.15) is 0 Å². The molecule has 25 heavy (non-hydrogen) atoms. The Hall–Kier alpha value is -1.66. The van der Waals surface area contributed by atoms with Gasteiger partial charge in [-0.3, -0.25) is 14.5 Å². The molecule has 1 saturated carbocycles. The zero-order valence-corrected chi connectivity index (χ0v) is 14.9. The predicted molar refractivity (Wildman–Crippen MR) is 91.7 cm³/mol. The van der Waals surface area contributed by atoms with Crippen molar-refractivity contribution in [1.29, 1.82) is 0 Å². The molecule has 2 fully saturated rings. The monoisotopic (exact) mass is 368 g/mol. The highest BCUT2D eigenvalue weighted by Gasteiger charge is 2.54. The van der Waals surface area contributed by atoms with Crippen LogP contribution in [0.25, 0.3) is 0 Å². The lowest BCUT2D eigenvalue weighted by Crippen LogP contribution is -2.40. The molecule has 0 aromatic heterocycles. The molecule has 136 valence electrons. The third kappa shape index (κ3) is 3.37. The van der Waals surface area contributed by atoms with E-state index in [1.807, 2.05) is 4.90 Å². The normalized spacial score (nSPS) is 25.8. The van der Waals surface area contributed by atoms with Gasteiger partial charge in [0.25, 0.3) is 0 Å². The van der Waals surface area contributed by atoms with E-state index in [0.717, 1.165) is 12.8 Å². The van der Waals surface area contributed by atoms with Crippen LogP contribution in [0.2, 0.25) is 5.02 Å². The lowest BCUT2D eigenvalue weighted by molar-refractivity contribution is -0.149. The van der Waals surface area contributed by atoms with Gasteiger partial charge in [0, 0.05) is 37.3 Å². The maximum Gasteiger partial charge on any atom is 0.311 e. The van der Waals surface area contributed by atoms with Crippen molar-refractivity contribution < 1.29 is 19.1 Å². The average molecular weight is 369 g/mol. The summed E-state index contributed by atoms with van der Waals surface area (Å²) in [4.78, 5) is 27.6. The second-order valence-electron chi connectivity index (χ2n) is 7.17. The minimum Gasteiger partial charge on any atom is -0.481 e. The summed E-state index contributed by atoms with van der Waals surface area (Å²) in [7, 11) is 1.61. The van der Waals surface area contributed by atoms with Crippen LogP contribution in [0, 0.1) is 17.2 Å². The highest BCUT2D eigenvalue weighted by Crippen LogP contribution is 2.48. The number of carbonyl (C=O) groups is 2. The first-order chi connectivity index (χ1) is 11.8. The third-order valence-corrected chi connectivity index (χ3v) is 5.96. The molecule has 0 radical (unpaired) electrons. The predicted octanol–water partition coefficient (Wildman–Crippen LogP) is 2.62. The van der Waals surface area contributed by atoms with Crippen molar-refractivity contribution in [2.45, 2.75) is 25.8 Å². The Morgan fingerprint density at radius 3 is 2.88 bits per heavy atom. The lowest BCUT2D eigenvalue weighted by Gasteiger charge is -2.25. The highest BCUT2D eigenvalue weighted by molar-refractivity contribution is 6.31. The minimum atomic E-state index is -0.753. The summed E-state index contributed by atoms with van der Waals surface area (Å²) in [5.41, 5.74) is -0.409. The second kappa shape index (κ2) is 6.92. The maximum atomic E-state index is 13.9. The molecule has 0 unspecified atom stereocenters. The van der Waals surface area contributed by atoms with Gasteiger partial charge in [-0.15, -0.1) is 0 Å². The third-order valence-electron chi connectivity index (χ3n) is 5.61. The number of carboxylic acid groups (broad SMARTS) is 1. The molecule has 1 amide bonds. The quantitative estimate of drug-likeness (QED) is 0.868. The fourth-order valence-electron chi connectivity index (χ4n) is 4.18. The molecule has 1 aromatic rings. The van der Waals surface area contributed by atoms with Gasteiger partial charge in [-0.05, 0) is 30.9 Å². The van der Waals surface area contributed by atoms with E-state index < -0.39 is 17.2 Å². The molecule has 1 aliphatic heterocycles. The number of hydrogen-bond donors (Lipinski definition) is 1. The Bertz CT molecular complexity index is 679. The van der Waals surface area contributed by atoms with Crippen LogP contribution in [0.4, 0.5) is 4.39 Å². The summed E-state index contributed by atoms with van der Waals surface area (Å²) in [5.74, 6) is -1.24. The summed E-state index contributed by atoms with van der Waals surface area (Å²) in [5, 5.41) is 9.90. The van der Waals surface area contributed by atoms with Crippen LogP contribution in [-0.4, -0.2) is 53.5 Å². The van der Waals surface area contributed by atoms with Crippen LogP contribution in [0.3, 0.4) is 0 Å². The number of nitrogens with zero attached hydrogens (tertiary/aromatic N) is 2. The van der Waals surface area contributed by atoms with Gasteiger partial charge in [0.1, 0.15) is 5.82 Å². The van der Waals surface area contributed by atoms with Crippen molar-refractivity contribution in [3.8, 4) is 0 Å². The molecule has 0 spiro atoms. The summed E-state index contributed by atoms with van der Waals surface area (Å²) in [6.07, 6.45) is 2.51. The van der Waals surface area contributed by atoms with Crippen molar-refractivity contribution >= 4 is 23.5 Å². The topological polar surface area (TPSA) is 60.9 Å². The van der Waals surface area contributed by atoms with E-state index >= 15 is 0 Å². The average Bonchev–Trinajstić information content (AvgIpc) is 3.08. The molecule has 1 N–H and O–H groups in total. The van der Waals surface area contributed by atoms with Crippen LogP contribution >= 0.6 is 11.6 Å². The first-order valence-corrected chi connectivity index (χ1v) is 8.84. The van der Waals surface area contributed by atoms with Gasteiger partial charge in [0.2, 0.25) is 5.91 Å². The number of carbonyl (C=O) groups excluding carboxylic acids is 1. The number of halogens is 2. The molecular formula is C18H22ClFN2O3. The van der Waals surface area contributed by atoms with Crippen molar-refractivity contribution in [2.24, 2.45) is 11.3 Å². The summed E-state index contributed by atoms with van der Waals surface area (Å²) in [6, 6.07) is 4.44. The van der Waals surface area contributed by atoms with Crippen LogP contribution in [0.5, 0.6) is 0 Å². The molecule has 1 aliphatic carbocycles. The molecule has 3 rings (SSSR count). The van der Waals surface area contributed by atoms with Gasteiger partial charge in [0.05, 0.1) is 12.0 Å². The second-order valence-corrected chi connectivity index (χ2v) is 7.58. The van der Waals surface area contributed by atoms with E-state index in [1.54, 1.807) is 13.1 Å². The minimum absolute atomic E-state index is 0.0890. The molecule has 2 atom stereocenters. The molecule has 0 bridgehead atoms. The molecular weight excluding hydrogens is 347 g/mol. The largest absolute Gasteiger partial charge is 0.481 e. The number of rotatable bonds is 5. The van der Waals surface area contributed by atoms with Crippen LogP contribution in [-0.2, 0) is 16.1 Å². The van der Waals surface area contributed by atoms with E-state index in [4.69, 9.17) is 11.6 Å². The molecule has 1 saturated heterocycles. The van der Waals surface area contributed by atoms with Gasteiger partial charge < -0.3 is 10.0 Å². The van der Waals surface area contributed by atoms with E-state index in [9.17, 15) is 19.1 Å². The Morgan fingerprint density at radius 2 is 2.24 bits per heavy atom. The Balaban J connectivity index is 1.62. The standard InChI is InChI=1S/C18H22ClFN2O3/c1-21(9-13-14(19)5-2-6-15(13)20)16(23)10-22-8-12-4-3-7-18(12,11-22)17(24)25/h2,5-6,12H,3-4,7-11H2,1H3,(H,24,25)/t12-,18+/m0/s1. The van der Waals surface area contributed by atoms with Crippen LogP contribution < -0.4 is 0 Å². The Labute approximate surface area is 151 Å². The number of fused-ring (bicyclic) bond motifs is 1. The smallest absolute Gasteiger partial charge is 0.311 e. The van der Waals surface area contributed by atoms with Crippen LogP contribution in [0.1, 0.15) is 24.8 Å². The number of likely N-dealkylation sites (N-methyl/N-ethyl adjacent to an activating group) is 1. The SMILES string of the molecule is CN(Cc1c(F)cccc1Cl)C(=O)CN1C[C@@H]2CCC[C@@]2(C(=O)O)C1. The number of benzene rings is 1. The molecule has 2 aliphatic rings. The summed E-state index contributed by atoms with van der Waals surface area (Å²) < 4.78 is 13.9. The molecule has 7 heteroatoms. The fraction of sp³-hybridized carbons (Fsp3) is 0.556. The summed E-state index contributed by atoms with van der Waals surface area (Å²) in [6.45, 7) is 1.28. The number of carboxylic acids is 1. The number of hydrogen-bond acceptors (Lipinski definition) is 3. The zero-order chi connectivity index (χ0) is 18.2. The fourth-order valence-corrected chi connectivity index (χ4v) is 4.41. The van der Waals surface area contributed by atoms with E-state index in [1.165, 1.54) is 17.0 Å². The first-order valence-electron chi connectivity index (χ1n) is 8.46. The molecule has 5 nitrogen and oxygen atoms in total. The molecule has 1 heterocycles. The highest BCUT2D eigenvalue weighted by atomic mass is 35.5. The zero-order valence-electron chi connectivity index (χ0n) is 14.2. The van der Waals surface area contributed by atoms with Gasteiger partial charge >= 0.3 is 5.97 Å². The Kier molecular flexibility index (Phi) is 5.02. The van der Waals surface area contributed by atoms with Crippen molar-refractivity contribution in [3.63, 3.8) is 0 Å². The van der Waals surface area contributed by atoms with Crippen molar-refractivity contribution in [3.05, 3.63) is 34.6 Å². The van der Waals surface area contributed by atoms with E-state index in [2.05, 4.69) is 0 Å². The van der Waals surface area contributed by atoms with Crippen molar-refractivity contribution in [1.82, 2.24) is 9.80 Å². The maximum absolute atomic E-state index is 13.9. The van der Waals surface area contributed by atoms with E-state index in [0.29, 0.717) is 30.1 Å². The lowest BCUT2D eigenvalue weighted by atomic mass is 9.81. The van der Waals surface area contributed by atoms with Gasteiger partial charge in [-0.25, -0.2) is 4.39 Å². The number of likely N-dealkylation sites (tertiary alicyclic amines) is 1. The molecule has 1 aromatic carbocycles. The van der Waals surface area contributed by atoms with Gasteiger partial charge in [0.15, 0.2) is 0 Å². The van der Waals surface area contributed by atoms with E-state index in [-0.39, 0.29) is 24.9 Å². The number of aliphatic carboxylic acids is 1. The first kappa shape index (κ1) is 18.1. The summed E-state index contributed by atoms with van der Waals surface area (Å²) >= 11 is 6.01. The Morgan fingerprint density at radius 1 is 1.48 bits per heavy atom. The van der Waals surface area contributed by atoms with Crippen LogP contribution in [0.15, 0.2) is 18.2 Å². The van der Waals surface area contributed by atoms with Gasteiger partial charge in [-0.1, -0.05) is 24.1 Å².